The lowest BCUT2D eigenvalue weighted by Gasteiger charge is -2.26. The molecule has 0 saturated heterocycles. The van der Waals surface area contributed by atoms with Gasteiger partial charge in [-0.2, -0.15) is 0 Å². The lowest BCUT2D eigenvalue weighted by molar-refractivity contribution is -0.146. The summed E-state index contributed by atoms with van der Waals surface area (Å²) in [6.45, 7) is 5.90. The summed E-state index contributed by atoms with van der Waals surface area (Å²) in [5.74, 6) is -0.637. The maximum atomic E-state index is 12.4. The minimum atomic E-state index is -1.11. The summed E-state index contributed by atoms with van der Waals surface area (Å²) in [6, 6.07) is 8.17. The molecule has 0 aromatic heterocycles. The molecule has 1 aromatic carbocycles. The molecule has 1 amide bonds. The van der Waals surface area contributed by atoms with E-state index in [2.05, 4.69) is 5.32 Å². The molecule has 1 rings (SSSR count). The second-order valence-corrected chi connectivity index (χ2v) is 7.51. The molecule has 28 heavy (non-hydrogen) atoms. The van der Waals surface area contributed by atoms with Crippen molar-refractivity contribution in [1.82, 2.24) is 5.32 Å². The van der Waals surface area contributed by atoms with Gasteiger partial charge in [0.2, 0.25) is 5.91 Å². The summed E-state index contributed by atoms with van der Waals surface area (Å²) in [5.41, 5.74) is 6.85. The molecular formula is C21H34N2O5. The fourth-order valence-corrected chi connectivity index (χ4v) is 2.99. The summed E-state index contributed by atoms with van der Waals surface area (Å²) in [7, 11) is 0. The number of aliphatic hydroxyl groups excluding tert-OH is 2. The molecule has 1 aromatic rings. The fraction of sp³-hybridized carbons (Fsp3) is 0.619. The molecule has 0 radical (unpaired) electrons. The van der Waals surface area contributed by atoms with E-state index in [1.165, 1.54) is 0 Å². The summed E-state index contributed by atoms with van der Waals surface area (Å²) in [5, 5.41) is 23.4. The van der Waals surface area contributed by atoms with Crippen molar-refractivity contribution in [2.45, 2.75) is 70.7 Å². The molecule has 0 aliphatic carbocycles. The van der Waals surface area contributed by atoms with Gasteiger partial charge in [-0.1, -0.05) is 44.2 Å². The summed E-state index contributed by atoms with van der Waals surface area (Å²) >= 11 is 0. The van der Waals surface area contributed by atoms with E-state index < -0.39 is 36.2 Å². The minimum absolute atomic E-state index is 0.161. The number of rotatable bonds is 12. The molecule has 7 nitrogen and oxygen atoms in total. The zero-order chi connectivity index (χ0) is 21.1. The van der Waals surface area contributed by atoms with Crippen LogP contribution in [-0.2, 0) is 20.7 Å². The van der Waals surface area contributed by atoms with Crippen LogP contribution in [0.15, 0.2) is 30.3 Å². The van der Waals surface area contributed by atoms with Gasteiger partial charge in [-0.15, -0.1) is 0 Å². The molecule has 5 N–H and O–H groups in total. The average molecular weight is 395 g/mol. The first-order valence-corrected chi connectivity index (χ1v) is 9.83. The maximum Gasteiger partial charge on any atom is 0.308 e. The van der Waals surface area contributed by atoms with Gasteiger partial charge in [0.15, 0.2) is 0 Å². The largest absolute Gasteiger partial charge is 0.466 e. The van der Waals surface area contributed by atoms with E-state index in [1.54, 1.807) is 6.92 Å². The van der Waals surface area contributed by atoms with Crippen LogP contribution in [0.3, 0.4) is 0 Å². The lowest BCUT2D eigenvalue weighted by Crippen LogP contribution is -2.48. The Balaban J connectivity index is 2.74. The van der Waals surface area contributed by atoms with Crippen molar-refractivity contribution < 1.29 is 24.5 Å². The van der Waals surface area contributed by atoms with E-state index in [9.17, 15) is 19.8 Å². The molecular weight excluding hydrogens is 360 g/mol. The Hall–Kier alpha value is -1.96. The Morgan fingerprint density at radius 2 is 1.75 bits per heavy atom. The number of aliphatic hydroxyl groups is 2. The second-order valence-electron chi connectivity index (χ2n) is 7.51. The number of amides is 1. The Labute approximate surface area is 167 Å². The molecule has 4 atom stereocenters. The van der Waals surface area contributed by atoms with Crippen LogP contribution in [0.2, 0.25) is 0 Å². The molecule has 0 aliphatic heterocycles. The van der Waals surface area contributed by atoms with Crippen LogP contribution in [0.5, 0.6) is 0 Å². The van der Waals surface area contributed by atoms with Crippen LogP contribution in [0.25, 0.3) is 0 Å². The third-order valence-electron chi connectivity index (χ3n) is 4.42. The number of hydrogen-bond donors (Lipinski definition) is 4. The molecule has 158 valence electrons. The van der Waals surface area contributed by atoms with Gasteiger partial charge in [0.25, 0.3) is 0 Å². The highest BCUT2D eigenvalue weighted by Crippen LogP contribution is 2.12. The monoisotopic (exact) mass is 394 g/mol. The first-order valence-electron chi connectivity index (χ1n) is 9.83. The third-order valence-corrected chi connectivity index (χ3v) is 4.42. The number of carbonyl (C=O) groups excluding carboxylic acids is 2. The number of carbonyl (C=O) groups is 2. The standard InChI is InChI=1S/C21H34N2O5/c1-4-28-21(27)13-19(25)17(11-15-8-6-5-7-9-15)23-20(26)12-18(24)16(22)10-14(2)3/h5-9,14,16-19,24-25H,4,10-13,22H2,1-3H3,(H,23,26)/t16-,17-,18-,19-/m0/s1. The Bertz CT molecular complexity index is 594. The Kier molecular flexibility index (Phi) is 10.7. The van der Waals surface area contributed by atoms with Gasteiger partial charge in [0, 0.05) is 6.04 Å². The predicted molar refractivity (Wildman–Crippen MR) is 107 cm³/mol. The summed E-state index contributed by atoms with van der Waals surface area (Å²) < 4.78 is 4.88. The quantitative estimate of drug-likeness (QED) is 0.395. The van der Waals surface area contributed by atoms with Crippen LogP contribution in [0, 0.1) is 5.92 Å². The van der Waals surface area contributed by atoms with Crippen molar-refractivity contribution >= 4 is 11.9 Å². The number of ether oxygens (including phenoxy) is 1. The number of benzene rings is 1. The van der Waals surface area contributed by atoms with Crippen LogP contribution in [0.4, 0.5) is 0 Å². The molecule has 7 heteroatoms. The number of nitrogens with one attached hydrogen (secondary N) is 1. The van der Waals surface area contributed by atoms with Crippen molar-refractivity contribution in [2.24, 2.45) is 11.7 Å². The minimum Gasteiger partial charge on any atom is -0.466 e. The highest BCUT2D eigenvalue weighted by molar-refractivity contribution is 5.77. The van der Waals surface area contributed by atoms with Gasteiger partial charge < -0.3 is 26.0 Å². The molecule has 0 spiro atoms. The molecule has 0 unspecified atom stereocenters. The Morgan fingerprint density at radius 1 is 1.11 bits per heavy atom. The highest BCUT2D eigenvalue weighted by Gasteiger charge is 2.26. The van der Waals surface area contributed by atoms with Crippen molar-refractivity contribution in [3.05, 3.63) is 35.9 Å². The van der Waals surface area contributed by atoms with Crippen molar-refractivity contribution in [3.8, 4) is 0 Å². The SMILES string of the molecule is CCOC(=O)C[C@H](O)[C@H](Cc1ccccc1)NC(=O)C[C@H](O)[C@@H](N)CC(C)C. The van der Waals surface area contributed by atoms with Crippen LogP contribution in [-0.4, -0.2) is 53.0 Å². The zero-order valence-electron chi connectivity index (χ0n) is 17.0. The zero-order valence-corrected chi connectivity index (χ0v) is 17.0. The number of hydrogen-bond acceptors (Lipinski definition) is 6. The van der Waals surface area contributed by atoms with Crippen LogP contribution < -0.4 is 11.1 Å². The number of esters is 1. The van der Waals surface area contributed by atoms with Gasteiger partial charge in [0.05, 0.1) is 37.7 Å². The van der Waals surface area contributed by atoms with Crippen LogP contribution in [0.1, 0.15) is 45.6 Å². The first-order chi connectivity index (χ1) is 13.2. The van der Waals surface area contributed by atoms with E-state index in [4.69, 9.17) is 10.5 Å². The topological polar surface area (TPSA) is 122 Å². The molecule has 0 heterocycles. The van der Waals surface area contributed by atoms with Gasteiger partial charge in [0.1, 0.15) is 0 Å². The van der Waals surface area contributed by atoms with Gasteiger partial charge in [-0.3, -0.25) is 9.59 Å². The Morgan fingerprint density at radius 3 is 2.32 bits per heavy atom. The van der Waals surface area contributed by atoms with Crippen molar-refractivity contribution in [1.29, 1.82) is 0 Å². The van der Waals surface area contributed by atoms with Gasteiger partial charge in [-0.05, 0) is 31.2 Å². The highest BCUT2D eigenvalue weighted by atomic mass is 16.5. The fourth-order valence-electron chi connectivity index (χ4n) is 2.99. The maximum absolute atomic E-state index is 12.4. The van der Waals surface area contributed by atoms with E-state index >= 15 is 0 Å². The van der Waals surface area contributed by atoms with E-state index in [0.717, 1.165) is 5.56 Å². The lowest BCUT2D eigenvalue weighted by atomic mass is 9.96. The normalized spacial score (nSPS) is 15.5. The molecule has 0 saturated carbocycles. The van der Waals surface area contributed by atoms with Crippen molar-refractivity contribution in [3.63, 3.8) is 0 Å². The number of nitrogens with two attached hydrogens (primary N) is 1. The van der Waals surface area contributed by atoms with E-state index in [-0.39, 0.29) is 19.4 Å². The molecule has 0 aliphatic rings. The van der Waals surface area contributed by atoms with Crippen molar-refractivity contribution in [2.75, 3.05) is 6.61 Å². The van der Waals surface area contributed by atoms with E-state index in [0.29, 0.717) is 18.8 Å². The third kappa shape index (κ3) is 9.30. The second kappa shape index (κ2) is 12.5. The van der Waals surface area contributed by atoms with Gasteiger partial charge in [-0.25, -0.2) is 0 Å². The molecule has 0 bridgehead atoms. The average Bonchev–Trinajstić information content (AvgIpc) is 2.61. The first kappa shape index (κ1) is 24.1. The van der Waals surface area contributed by atoms with Crippen LogP contribution >= 0.6 is 0 Å². The summed E-state index contributed by atoms with van der Waals surface area (Å²) in [6.07, 6.45) is -1.51. The smallest absolute Gasteiger partial charge is 0.308 e. The predicted octanol–water partition coefficient (Wildman–Crippen LogP) is 1.15. The molecule has 0 fully saturated rings. The van der Waals surface area contributed by atoms with E-state index in [1.807, 2.05) is 44.2 Å². The summed E-state index contributed by atoms with van der Waals surface area (Å²) in [4.78, 5) is 24.1. The van der Waals surface area contributed by atoms with Gasteiger partial charge >= 0.3 is 5.97 Å².